The van der Waals surface area contributed by atoms with Crippen molar-refractivity contribution in [3.05, 3.63) is 17.5 Å². The molecule has 0 aromatic carbocycles. The van der Waals surface area contributed by atoms with Crippen LogP contribution < -0.4 is 5.32 Å². The molecule has 2 fully saturated rings. The summed E-state index contributed by atoms with van der Waals surface area (Å²) in [6, 6.07) is 0.610. The lowest BCUT2D eigenvalue weighted by Gasteiger charge is -2.23. The minimum Gasteiger partial charge on any atom is -0.366 e. The molecule has 0 amide bonds. The second kappa shape index (κ2) is 3.63. The Hall–Kier alpha value is -0.830. The second-order valence-electron chi connectivity index (χ2n) is 4.65. The minimum absolute atomic E-state index is 0.452. The molecule has 3 nitrogen and oxygen atoms in total. The molecule has 3 atom stereocenters. The third kappa shape index (κ3) is 1.81. The van der Waals surface area contributed by atoms with Crippen LogP contribution in [0.5, 0.6) is 0 Å². The van der Waals surface area contributed by atoms with Gasteiger partial charge in [-0.25, -0.2) is 9.97 Å². The van der Waals surface area contributed by atoms with Crippen molar-refractivity contribution in [3.8, 4) is 0 Å². The van der Waals surface area contributed by atoms with Gasteiger partial charge in [0.25, 0.3) is 0 Å². The van der Waals surface area contributed by atoms with Gasteiger partial charge in [-0.1, -0.05) is 18.0 Å². The SMILES string of the molecule is Clc1cnc(NC2CC3CCC2C3)cn1. The number of hydrogen-bond donors (Lipinski definition) is 1. The topological polar surface area (TPSA) is 37.8 Å². The summed E-state index contributed by atoms with van der Waals surface area (Å²) in [6.45, 7) is 0. The van der Waals surface area contributed by atoms with Crippen molar-refractivity contribution < 1.29 is 0 Å². The van der Waals surface area contributed by atoms with Gasteiger partial charge in [0.15, 0.2) is 0 Å². The van der Waals surface area contributed by atoms with E-state index in [0.717, 1.165) is 17.7 Å². The van der Waals surface area contributed by atoms with Gasteiger partial charge in [0.05, 0.1) is 12.4 Å². The largest absolute Gasteiger partial charge is 0.366 e. The summed E-state index contributed by atoms with van der Waals surface area (Å²) < 4.78 is 0. The van der Waals surface area contributed by atoms with Gasteiger partial charge >= 0.3 is 0 Å². The second-order valence-corrected chi connectivity index (χ2v) is 5.04. The van der Waals surface area contributed by atoms with Crippen molar-refractivity contribution >= 4 is 17.4 Å². The van der Waals surface area contributed by atoms with Crippen LogP contribution in [0.25, 0.3) is 0 Å². The van der Waals surface area contributed by atoms with E-state index < -0.39 is 0 Å². The lowest BCUT2D eigenvalue weighted by Crippen LogP contribution is -2.26. The molecule has 2 aliphatic rings. The van der Waals surface area contributed by atoms with Crippen molar-refractivity contribution in [2.75, 3.05) is 5.32 Å². The monoisotopic (exact) mass is 223 g/mol. The Bertz CT molecular complexity index is 351. The van der Waals surface area contributed by atoms with Crippen molar-refractivity contribution in [1.29, 1.82) is 0 Å². The molecule has 2 saturated carbocycles. The first-order valence-electron chi connectivity index (χ1n) is 5.55. The highest BCUT2D eigenvalue weighted by atomic mass is 35.5. The molecule has 2 bridgehead atoms. The highest BCUT2D eigenvalue weighted by molar-refractivity contribution is 6.29. The molecule has 0 saturated heterocycles. The van der Waals surface area contributed by atoms with E-state index in [4.69, 9.17) is 11.6 Å². The Kier molecular flexibility index (Phi) is 2.28. The fraction of sp³-hybridized carbons (Fsp3) is 0.636. The van der Waals surface area contributed by atoms with Crippen LogP contribution in [0, 0.1) is 11.8 Å². The number of fused-ring (bicyclic) bond motifs is 2. The molecule has 0 radical (unpaired) electrons. The van der Waals surface area contributed by atoms with E-state index >= 15 is 0 Å². The third-order valence-electron chi connectivity index (χ3n) is 3.69. The number of nitrogens with one attached hydrogen (secondary N) is 1. The molecule has 80 valence electrons. The number of rotatable bonds is 2. The standard InChI is InChI=1S/C11H14ClN3/c12-10-5-14-11(6-13-10)15-9-4-7-1-2-8(9)3-7/h5-9H,1-4H2,(H,14,15). The molecule has 15 heavy (non-hydrogen) atoms. The molecule has 1 aromatic heterocycles. The molecule has 1 aromatic rings. The molecule has 3 rings (SSSR count). The lowest BCUT2D eigenvalue weighted by atomic mass is 9.95. The van der Waals surface area contributed by atoms with E-state index in [-0.39, 0.29) is 0 Å². The first-order chi connectivity index (χ1) is 7.31. The summed E-state index contributed by atoms with van der Waals surface area (Å²) in [5.74, 6) is 2.66. The van der Waals surface area contributed by atoms with E-state index in [2.05, 4.69) is 15.3 Å². The summed E-state index contributed by atoms with van der Waals surface area (Å²) in [4.78, 5) is 8.24. The predicted octanol–water partition coefficient (Wildman–Crippen LogP) is 2.73. The van der Waals surface area contributed by atoms with E-state index in [1.54, 1.807) is 12.4 Å². The fourth-order valence-electron chi connectivity index (χ4n) is 3.00. The summed E-state index contributed by atoms with van der Waals surface area (Å²) in [7, 11) is 0. The Labute approximate surface area is 94.3 Å². The normalized spacial score (nSPS) is 33.3. The van der Waals surface area contributed by atoms with Crippen LogP contribution in [0.4, 0.5) is 5.82 Å². The van der Waals surface area contributed by atoms with Crippen LogP contribution in [-0.2, 0) is 0 Å². The molecule has 0 spiro atoms. The van der Waals surface area contributed by atoms with E-state index in [9.17, 15) is 0 Å². The van der Waals surface area contributed by atoms with Gasteiger partial charge in [-0.2, -0.15) is 0 Å². The van der Waals surface area contributed by atoms with Crippen LogP contribution in [-0.4, -0.2) is 16.0 Å². The first kappa shape index (κ1) is 9.40. The first-order valence-corrected chi connectivity index (χ1v) is 5.93. The smallest absolute Gasteiger partial charge is 0.147 e. The molecule has 4 heteroatoms. The summed E-state index contributed by atoms with van der Waals surface area (Å²) in [5.41, 5.74) is 0. The number of anilines is 1. The maximum absolute atomic E-state index is 5.69. The van der Waals surface area contributed by atoms with E-state index in [1.165, 1.54) is 25.7 Å². The van der Waals surface area contributed by atoms with Crippen molar-refractivity contribution in [1.82, 2.24) is 9.97 Å². The summed E-state index contributed by atoms with van der Waals surface area (Å²) in [5, 5.41) is 3.92. The van der Waals surface area contributed by atoms with E-state index in [0.29, 0.717) is 11.2 Å². The molecule has 1 N–H and O–H groups in total. The summed E-state index contributed by atoms with van der Waals surface area (Å²) in [6.07, 6.45) is 8.82. The number of nitrogens with zero attached hydrogens (tertiary/aromatic N) is 2. The number of halogens is 1. The zero-order valence-electron chi connectivity index (χ0n) is 8.49. The fourth-order valence-corrected chi connectivity index (χ4v) is 3.10. The predicted molar refractivity (Wildman–Crippen MR) is 59.9 cm³/mol. The molecule has 3 unspecified atom stereocenters. The van der Waals surface area contributed by atoms with Crippen molar-refractivity contribution in [2.45, 2.75) is 31.7 Å². The number of hydrogen-bond acceptors (Lipinski definition) is 3. The zero-order chi connectivity index (χ0) is 10.3. The Morgan fingerprint density at radius 2 is 2.13 bits per heavy atom. The van der Waals surface area contributed by atoms with Gasteiger partial charge in [-0.15, -0.1) is 0 Å². The van der Waals surface area contributed by atoms with Gasteiger partial charge in [-0.05, 0) is 31.1 Å². The maximum Gasteiger partial charge on any atom is 0.147 e. The highest BCUT2D eigenvalue weighted by Crippen LogP contribution is 2.45. The van der Waals surface area contributed by atoms with Gasteiger partial charge in [0, 0.05) is 6.04 Å². The van der Waals surface area contributed by atoms with Gasteiger partial charge in [-0.3, -0.25) is 0 Å². The highest BCUT2D eigenvalue weighted by Gasteiger charge is 2.39. The average molecular weight is 224 g/mol. The van der Waals surface area contributed by atoms with Crippen molar-refractivity contribution in [2.24, 2.45) is 11.8 Å². The van der Waals surface area contributed by atoms with E-state index in [1.807, 2.05) is 0 Å². The zero-order valence-corrected chi connectivity index (χ0v) is 9.24. The van der Waals surface area contributed by atoms with Gasteiger partial charge in [0.1, 0.15) is 11.0 Å². The van der Waals surface area contributed by atoms with Crippen LogP contribution >= 0.6 is 11.6 Å². The van der Waals surface area contributed by atoms with Crippen LogP contribution in [0.15, 0.2) is 12.4 Å². The average Bonchev–Trinajstić information content (AvgIpc) is 2.83. The Morgan fingerprint density at radius 1 is 1.20 bits per heavy atom. The molecular weight excluding hydrogens is 210 g/mol. The quantitative estimate of drug-likeness (QED) is 0.838. The number of aromatic nitrogens is 2. The molecule has 1 heterocycles. The lowest BCUT2D eigenvalue weighted by molar-refractivity contribution is 0.439. The molecule has 2 aliphatic carbocycles. The minimum atomic E-state index is 0.452. The molecular formula is C11H14ClN3. The van der Waals surface area contributed by atoms with Crippen LogP contribution in [0.3, 0.4) is 0 Å². The van der Waals surface area contributed by atoms with Crippen LogP contribution in [0.2, 0.25) is 5.15 Å². The maximum atomic E-state index is 5.69. The van der Waals surface area contributed by atoms with Crippen LogP contribution in [0.1, 0.15) is 25.7 Å². The Morgan fingerprint density at radius 3 is 2.73 bits per heavy atom. The molecule has 0 aliphatic heterocycles. The third-order valence-corrected chi connectivity index (χ3v) is 3.89. The van der Waals surface area contributed by atoms with Gasteiger partial charge in [0.2, 0.25) is 0 Å². The van der Waals surface area contributed by atoms with Gasteiger partial charge < -0.3 is 5.32 Å². The van der Waals surface area contributed by atoms with Crippen molar-refractivity contribution in [3.63, 3.8) is 0 Å². The Balaban J connectivity index is 1.68. The summed E-state index contributed by atoms with van der Waals surface area (Å²) >= 11 is 5.69.